The van der Waals surface area contributed by atoms with Crippen molar-refractivity contribution in [2.45, 2.75) is 0 Å². The zero-order chi connectivity index (χ0) is 5.82. The Morgan fingerprint density at radius 2 is 2.00 bits per heavy atom. The molecule has 0 aromatic carbocycles. The van der Waals surface area contributed by atoms with Crippen molar-refractivity contribution in [3.8, 4) is 0 Å². The summed E-state index contributed by atoms with van der Waals surface area (Å²) in [6.45, 7) is 0. The highest BCUT2D eigenvalue weighted by Gasteiger charge is 1.87. The predicted octanol–water partition coefficient (Wildman–Crippen LogP) is 1.10. The maximum Gasteiger partial charge on any atom is 0.340 e. The Kier molecular flexibility index (Phi) is 1.69. The molecular formula is C6H5OSi. The molecule has 0 saturated heterocycles. The molecule has 0 spiro atoms. The van der Waals surface area contributed by atoms with Gasteiger partial charge in [-0.2, -0.15) is 0 Å². The van der Waals surface area contributed by atoms with Crippen LogP contribution in [0.3, 0.4) is 0 Å². The van der Waals surface area contributed by atoms with Crippen LogP contribution in [0.2, 0.25) is 0 Å². The smallest absolute Gasteiger partial charge is 0.340 e. The number of rotatable bonds is 1. The van der Waals surface area contributed by atoms with E-state index in [4.69, 9.17) is 0 Å². The van der Waals surface area contributed by atoms with Crippen LogP contribution in [0.5, 0.6) is 0 Å². The van der Waals surface area contributed by atoms with E-state index in [-0.39, 0.29) is 0 Å². The molecule has 0 bridgehead atoms. The van der Waals surface area contributed by atoms with E-state index in [1.807, 2.05) is 24.3 Å². The van der Waals surface area contributed by atoms with Gasteiger partial charge in [-0.15, -0.1) is 0 Å². The fourth-order valence-electron chi connectivity index (χ4n) is 0.535. The molecule has 0 aliphatic heterocycles. The summed E-state index contributed by atoms with van der Waals surface area (Å²) in [6.07, 6.45) is 9.45. The van der Waals surface area contributed by atoms with E-state index in [9.17, 15) is 0 Å². The highest BCUT2D eigenvalue weighted by Crippen LogP contribution is 2.05. The van der Waals surface area contributed by atoms with E-state index >= 15 is 0 Å². The van der Waals surface area contributed by atoms with Crippen LogP contribution in [0.1, 0.15) is 0 Å². The van der Waals surface area contributed by atoms with Crippen molar-refractivity contribution in [2.75, 3.05) is 0 Å². The fraction of sp³-hybridized carbons (Fsp3) is 0. The van der Waals surface area contributed by atoms with Gasteiger partial charge in [-0.3, -0.25) is 0 Å². The van der Waals surface area contributed by atoms with E-state index in [2.05, 4.69) is 14.9 Å². The van der Waals surface area contributed by atoms with Crippen LogP contribution >= 0.6 is 0 Å². The molecule has 2 heteroatoms. The molecule has 0 fully saturated rings. The monoisotopic (exact) mass is 121 g/mol. The Morgan fingerprint density at radius 1 is 1.38 bits per heavy atom. The Bertz CT molecular complexity index is 142. The first-order valence-electron chi connectivity index (χ1n) is 2.31. The summed E-state index contributed by atoms with van der Waals surface area (Å²) in [5.74, 6) is 0. The second kappa shape index (κ2) is 2.52. The average molecular weight is 121 g/mol. The van der Waals surface area contributed by atoms with E-state index in [0.29, 0.717) is 0 Å². The van der Waals surface area contributed by atoms with Crippen molar-refractivity contribution in [3.63, 3.8) is 0 Å². The van der Waals surface area contributed by atoms with Crippen LogP contribution in [0.25, 0.3) is 0 Å². The minimum Gasteiger partial charge on any atom is -0.545 e. The summed E-state index contributed by atoms with van der Waals surface area (Å²) in [7, 11) is 2.86. The van der Waals surface area contributed by atoms with Crippen LogP contribution in [0.4, 0.5) is 0 Å². The lowest BCUT2D eigenvalue weighted by Gasteiger charge is -1.86. The molecule has 8 heavy (non-hydrogen) atoms. The molecular weight excluding hydrogens is 116 g/mol. The minimum absolute atomic E-state index is 1.07. The lowest BCUT2D eigenvalue weighted by Crippen LogP contribution is -1.71. The van der Waals surface area contributed by atoms with Gasteiger partial charge >= 0.3 is 10.5 Å². The molecule has 0 amide bonds. The molecule has 0 heterocycles. The van der Waals surface area contributed by atoms with Crippen LogP contribution in [-0.4, -0.2) is 10.5 Å². The summed E-state index contributed by atoms with van der Waals surface area (Å²) in [4.78, 5) is 0. The molecule has 1 aliphatic carbocycles. The standard InChI is InChI=1S/C6H5OSi/c8-7-5-6-3-1-2-4-6/h1-5H. The lowest BCUT2D eigenvalue weighted by atomic mass is 10.3. The molecule has 1 aliphatic rings. The van der Waals surface area contributed by atoms with Crippen molar-refractivity contribution in [3.05, 3.63) is 36.1 Å². The number of hydrogen-bond donors (Lipinski definition) is 0. The lowest BCUT2D eigenvalue weighted by molar-refractivity contribution is 0.532. The van der Waals surface area contributed by atoms with Crippen LogP contribution in [0, 0.1) is 0 Å². The van der Waals surface area contributed by atoms with Crippen molar-refractivity contribution in [2.24, 2.45) is 0 Å². The first kappa shape index (κ1) is 5.38. The molecule has 0 unspecified atom stereocenters. The van der Waals surface area contributed by atoms with Gasteiger partial charge < -0.3 is 4.43 Å². The van der Waals surface area contributed by atoms with Gasteiger partial charge in [0.1, 0.15) is 0 Å². The van der Waals surface area contributed by atoms with Gasteiger partial charge in [-0.05, 0) is 0 Å². The van der Waals surface area contributed by atoms with Crippen molar-refractivity contribution in [1.29, 1.82) is 0 Å². The summed E-state index contributed by atoms with van der Waals surface area (Å²) >= 11 is 0. The topological polar surface area (TPSA) is 9.23 Å². The van der Waals surface area contributed by atoms with Gasteiger partial charge in [0, 0.05) is 5.57 Å². The third-order valence-corrected chi connectivity index (χ3v) is 1.00. The normalized spacial score (nSPS) is 14.9. The highest BCUT2D eigenvalue weighted by molar-refractivity contribution is 5.98. The Balaban J connectivity index is 2.60. The van der Waals surface area contributed by atoms with Gasteiger partial charge in [0.15, 0.2) is 0 Å². The zero-order valence-electron chi connectivity index (χ0n) is 4.29. The Morgan fingerprint density at radius 3 is 2.50 bits per heavy atom. The van der Waals surface area contributed by atoms with Crippen molar-refractivity contribution < 1.29 is 4.43 Å². The predicted molar refractivity (Wildman–Crippen MR) is 33.2 cm³/mol. The fourth-order valence-corrected chi connectivity index (χ4v) is 0.672. The molecule has 0 saturated carbocycles. The molecule has 39 valence electrons. The third-order valence-electron chi connectivity index (χ3n) is 0.883. The largest absolute Gasteiger partial charge is 0.545 e. The molecule has 1 rings (SSSR count). The van der Waals surface area contributed by atoms with E-state index < -0.39 is 0 Å². The maximum atomic E-state index is 4.57. The van der Waals surface area contributed by atoms with E-state index in [0.717, 1.165) is 5.57 Å². The summed E-state index contributed by atoms with van der Waals surface area (Å²) < 4.78 is 4.57. The van der Waals surface area contributed by atoms with Gasteiger partial charge in [0.05, 0.1) is 6.26 Å². The molecule has 0 atom stereocenters. The van der Waals surface area contributed by atoms with Gasteiger partial charge in [0.25, 0.3) is 0 Å². The van der Waals surface area contributed by atoms with Crippen molar-refractivity contribution in [1.82, 2.24) is 0 Å². The van der Waals surface area contributed by atoms with E-state index in [1.54, 1.807) is 6.26 Å². The third kappa shape index (κ3) is 1.10. The molecule has 1 nitrogen and oxygen atoms in total. The second-order valence-corrected chi connectivity index (χ2v) is 1.69. The Hall–Kier alpha value is -0.763. The highest BCUT2D eigenvalue weighted by atomic mass is 28.2. The Labute approximate surface area is 51.9 Å². The van der Waals surface area contributed by atoms with Crippen LogP contribution in [0.15, 0.2) is 36.1 Å². The molecule has 3 radical (unpaired) electrons. The zero-order valence-corrected chi connectivity index (χ0v) is 5.29. The van der Waals surface area contributed by atoms with Gasteiger partial charge in [0.2, 0.25) is 0 Å². The van der Waals surface area contributed by atoms with Gasteiger partial charge in [-0.25, -0.2) is 0 Å². The van der Waals surface area contributed by atoms with Crippen LogP contribution < -0.4 is 0 Å². The molecule has 0 N–H and O–H groups in total. The second-order valence-electron chi connectivity index (χ2n) is 1.45. The van der Waals surface area contributed by atoms with Crippen LogP contribution in [-0.2, 0) is 4.43 Å². The first-order valence-corrected chi connectivity index (χ1v) is 2.71. The number of hydrogen-bond acceptors (Lipinski definition) is 1. The SMILES string of the molecule is [Si]OC=C1C=CC=C1. The quantitative estimate of drug-likeness (QED) is 0.373. The van der Waals surface area contributed by atoms with Gasteiger partial charge in [-0.1, -0.05) is 24.3 Å². The first-order chi connectivity index (χ1) is 3.93. The summed E-state index contributed by atoms with van der Waals surface area (Å²) in [6, 6.07) is 0. The van der Waals surface area contributed by atoms with Crippen molar-refractivity contribution >= 4 is 10.5 Å². The summed E-state index contributed by atoms with van der Waals surface area (Å²) in [5, 5.41) is 0. The molecule has 0 aromatic heterocycles. The molecule has 0 aromatic rings. The van der Waals surface area contributed by atoms with E-state index in [1.165, 1.54) is 0 Å². The summed E-state index contributed by atoms with van der Waals surface area (Å²) in [5.41, 5.74) is 1.07. The maximum absolute atomic E-state index is 4.57. The minimum atomic E-state index is 1.07. The average Bonchev–Trinajstić information content (AvgIpc) is 2.19. The number of allylic oxidation sites excluding steroid dienone is 5.